The van der Waals surface area contributed by atoms with Gasteiger partial charge in [-0.2, -0.15) is 0 Å². The summed E-state index contributed by atoms with van der Waals surface area (Å²) >= 11 is 7.33. The predicted octanol–water partition coefficient (Wildman–Crippen LogP) is 4.06. The number of carboxylic acid groups (broad SMARTS) is 1. The van der Waals surface area contributed by atoms with E-state index in [0.29, 0.717) is 27.3 Å². The fraction of sp³-hybridized carbons (Fsp3) is 0.0588. The molecule has 9 heteroatoms. The molecule has 4 rings (SSSR count). The van der Waals surface area contributed by atoms with Crippen molar-refractivity contribution in [3.05, 3.63) is 64.5 Å². The van der Waals surface area contributed by atoms with Crippen molar-refractivity contribution >= 4 is 28.9 Å². The van der Waals surface area contributed by atoms with Gasteiger partial charge in [0.15, 0.2) is 11.6 Å². The topological polar surface area (TPSA) is 94.0 Å². The molecular formula is C17H11ClN4O3S. The third-order valence-electron chi connectivity index (χ3n) is 3.66. The minimum Gasteiger partial charge on any atom is -0.477 e. The summed E-state index contributed by atoms with van der Waals surface area (Å²) in [6.07, 6.45) is 2.94. The van der Waals surface area contributed by atoms with Crippen molar-refractivity contribution < 1.29 is 14.4 Å². The van der Waals surface area contributed by atoms with E-state index in [0.717, 1.165) is 4.88 Å². The van der Waals surface area contributed by atoms with Gasteiger partial charge in [-0.05, 0) is 24.3 Å². The van der Waals surface area contributed by atoms with E-state index in [2.05, 4.69) is 15.1 Å². The number of pyridine rings is 1. The van der Waals surface area contributed by atoms with Crippen LogP contribution in [0.2, 0.25) is 4.34 Å². The largest absolute Gasteiger partial charge is 0.477 e. The second-order valence-electron chi connectivity index (χ2n) is 5.36. The zero-order chi connectivity index (χ0) is 18.1. The second-order valence-corrected chi connectivity index (χ2v) is 7.07. The van der Waals surface area contributed by atoms with Crippen LogP contribution in [0, 0.1) is 0 Å². The van der Waals surface area contributed by atoms with E-state index in [-0.39, 0.29) is 12.2 Å². The lowest BCUT2D eigenvalue weighted by Gasteiger charge is -2.07. The van der Waals surface area contributed by atoms with Crippen LogP contribution in [0.1, 0.15) is 16.2 Å². The van der Waals surface area contributed by atoms with Crippen LogP contribution >= 0.6 is 22.9 Å². The highest BCUT2D eigenvalue weighted by Gasteiger charge is 2.19. The van der Waals surface area contributed by atoms with Crippen LogP contribution in [0.3, 0.4) is 0 Å². The number of imidazole rings is 1. The summed E-state index contributed by atoms with van der Waals surface area (Å²) in [5.41, 5.74) is 1.20. The Bertz CT molecular complexity index is 1070. The van der Waals surface area contributed by atoms with Gasteiger partial charge in [-0.3, -0.25) is 4.98 Å². The number of aromatic nitrogens is 4. The van der Waals surface area contributed by atoms with Crippen molar-refractivity contribution in [3.63, 3.8) is 0 Å². The molecule has 0 aliphatic heterocycles. The lowest BCUT2D eigenvalue weighted by molar-refractivity contribution is 0.0685. The number of hydrogen-bond donors (Lipinski definition) is 1. The molecule has 130 valence electrons. The molecule has 0 atom stereocenters. The first-order chi connectivity index (χ1) is 12.6. The molecule has 0 aliphatic carbocycles. The van der Waals surface area contributed by atoms with Gasteiger partial charge in [-0.15, -0.1) is 11.3 Å². The van der Waals surface area contributed by atoms with Crippen LogP contribution < -0.4 is 0 Å². The summed E-state index contributed by atoms with van der Waals surface area (Å²) in [4.78, 5) is 20.9. The van der Waals surface area contributed by atoms with Crippen LogP contribution in [0.25, 0.3) is 22.2 Å². The predicted molar refractivity (Wildman–Crippen MR) is 96.3 cm³/mol. The Balaban J connectivity index is 1.71. The molecule has 0 aliphatic rings. The SMILES string of the molecule is O=C(O)c1cnc(-c2ccccn2)n1Cc1cc(-c2ccc(Cl)s2)on1. The van der Waals surface area contributed by atoms with Crippen molar-refractivity contribution in [2.45, 2.75) is 6.54 Å². The van der Waals surface area contributed by atoms with Crippen LogP contribution in [0.5, 0.6) is 0 Å². The first kappa shape index (κ1) is 16.5. The average Bonchev–Trinajstić information content (AvgIpc) is 3.35. The molecule has 0 radical (unpaired) electrons. The van der Waals surface area contributed by atoms with E-state index < -0.39 is 5.97 Å². The quantitative estimate of drug-likeness (QED) is 0.555. The number of aromatic carboxylic acids is 1. The summed E-state index contributed by atoms with van der Waals surface area (Å²) in [5, 5.41) is 13.5. The number of rotatable bonds is 5. The lowest BCUT2D eigenvalue weighted by atomic mass is 10.3. The van der Waals surface area contributed by atoms with Gasteiger partial charge in [-0.25, -0.2) is 9.78 Å². The maximum Gasteiger partial charge on any atom is 0.354 e. The summed E-state index contributed by atoms with van der Waals surface area (Å²) < 4.78 is 7.56. The summed E-state index contributed by atoms with van der Waals surface area (Å²) in [5.74, 6) is -0.0477. The number of nitrogens with zero attached hydrogens (tertiary/aromatic N) is 4. The third kappa shape index (κ3) is 3.12. The van der Waals surface area contributed by atoms with Crippen molar-refractivity contribution in [2.75, 3.05) is 0 Å². The summed E-state index contributed by atoms with van der Waals surface area (Å²) in [6, 6.07) is 10.8. The summed E-state index contributed by atoms with van der Waals surface area (Å²) in [7, 11) is 0. The standard InChI is InChI=1S/C17H11ClN4O3S/c18-15-5-4-14(26-15)13-7-10(21-25-13)9-22-12(17(23)24)8-20-16(22)11-3-1-2-6-19-11/h1-8H,9H2,(H,23,24). The number of carbonyl (C=O) groups is 1. The fourth-order valence-corrected chi connectivity index (χ4v) is 3.51. The van der Waals surface area contributed by atoms with Gasteiger partial charge in [0.05, 0.1) is 22.0 Å². The van der Waals surface area contributed by atoms with Gasteiger partial charge >= 0.3 is 5.97 Å². The highest BCUT2D eigenvalue weighted by atomic mass is 35.5. The Hall–Kier alpha value is -2.97. The van der Waals surface area contributed by atoms with E-state index in [4.69, 9.17) is 16.1 Å². The van der Waals surface area contributed by atoms with E-state index in [1.807, 2.05) is 12.1 Å². The Morgan fingerprint density at radius 3 is 2.85 bits per heavy atom. The molecule has 0 unspecified atom stereocenters. The van der Waals surface area contributed by atoms with Gasteiger partial charge in [0.1, 0.15) is 17.1 Å². The molecule has 0 spiro atoms. The molecule has 0 saturated heterocycles. The van der Waals surface area contributed by atoms with E-state index >= 15 is 0 Å². The minimum atomic E-state index is -1.08. The normalized spacial score (nSPS) is 11.0. The summed E-state index contributed by atoms with van der Waals surface area (Å²) in [6.45, 7) is 0.191. The minimum absolute atomic E-state index is 0.0503. The van der Waals surface area contributed by atoms with Gasteiger partial charge < -0.3 is 14.2 Å². The molecule has 4 heterocycles. The van der Waals surface area contributed by atoms with Gasteiger partial charge in [-0.1, -0.05) is 22.8 Å². The molecule has 7 nitrogen and oxygen atoms in total. The van der Waals surface area contributed by atoms with E-state index in [9.17, 15) is 9.90 Å². The molecule has 0 saturated carbocycles. The highest BCUT2D eigenvalue weighted by Crippen LogP contribution is 2.31. The molecule has 0 fully saturated rings. The zero-order valence-electron chi connectivity index (χ0n) is 13.2. The van der Waals surface area contributed by atoms with Crippen molar-refractivity contribution in [3.8, 4) is 22.2 Å². The Morgan fingerprint density at radius 1 is 1.27 bits per heavy atom. The second kappa shape index (κ2) is 6.74. The fourth-order valence-electron chi connectivity index (χ4n) is 2.52. The zero-order valence-corrected chi connectivity index (χ0v) is 14.7. The van der Waals surface area contributed by atoms with Gasteiger partial charge in [0.2, 0.25) is 0 Å². The van der Waals surface area contributed by atoms with Gasteiger partial charge in [0.25, 0.3) is 0 Å². The molecule has 26 heavy (non-hydrogen) atoms. The number of hydrogen-bond acceptors (Lipinski definition) is 6. The van der Waals surface area contributed by atoms with Gasteiger partial charge in [0, 0.05) is 12.3 Å². The number of thiophene rings is 1. The molecule has 1 N–H and O–H groups in total. The Labute approximate surface area is 156 Å². The third-order valence-corrected chi connectivity index (χ3v) is 4.91. The van der Waals surface area contributed by atoms with Crippen molar-refractivity contribution in [1.29, 1.82) is 0 Å². The molecule has 0 aromatic carbocycles. The lowest BCUT2D eigenvalue weighted by Crippen LogP contribution is -2.11. The number of halogens is 1. The van der Waals surface area contributed by atoms with Crippen LogP contribution in [0.4, 0.5) is 0 Å². The monoisotopic (exact) mass is 386 g/mol. The highest BCUT2D eigenvalue weighted by molar-refractivity contribution is 7.19. The smallest absolute Gasteiger partial charge is 0.354 e. The molecule has 0 bridgehead atoms. The maximum absolute atomic E-state index is 11.5. The molecule has 0 amide bonds. The molecular weight excluding hydrogens is 376 g/mol. The van der Waals surface area contributed by atoms with Crippen LogP contribution in [0.15, 0.2) is 53.3 Å². The van der Waals surface area contributed by atoms with Crippen molar-refractivity contribution in [1.82, 2.24) is 19.7 Å². The molecule has 4 aromatic rings. The average molecular weight is 387 g/mol. The van der Waals surface area contributed by atoms with Crippen LogP contribution in [-0.2, 0) is 6.54 Å². The Kier molecular flexibility index (Phi) is 4.27. The first-order valence-corrected chi connectivity index (χ1v) is 8.73. The van der Waals surface area contributed by atoms with E-state index in [1.165, 1.54) is 17.5 Å². The maximum atomic E-state index is 11.5. The van der Waals surface area contributed by atoms with E-state index in [1.54, 1.807) is 35.0 Å². The first-order valence-electron chi connectivity index (χ1n) is 7.53. The molecule has 4 aromatic heterocycles. The van der Waals surface area contributed by atoms with Crippen molar-refractivity contribution in [2.24, 2.45) is 0 Å². The number of carboxylic acids is 1. The van der Waals surface area contributed by atoms with Crippen LogP contribution in [-0.4, -0.2) is 30.8 Å². The Morgan fingerprint density at radius 2 is 2.15 bits per heavy atom.